The topological polar surface area (TPSA) is 99.8 Å². The number of anilines is 1. The van der Waals surface area contributed by atoms with Gasteiger partial charge in [0.05, 0.1) is 17.5 Å². The lowest BCUT2D eigenvalue weighted by Crippen LogP contribution is -2.15. The fraction of sp³-hybridized carbons (Fsp3) is 0.0769. The number of benzene rings is 1. The van der Waals surface area contributed by atoms with E-state index in [1.165, 1.54) is 18.4 Å². The standard InChI is InChI=1S/C13H11NO5/c1-7-4-5-19-11(7)12(16)14-10-3-2-8(15)6-9(10)13(17)18/h2-6,15H,1H3,(H,14,16)(H,17,18). The van der Waals surface area contributed by atoms with Gasteiger partial charge in [-0.15, -0.1) is 0 Å². The third-order valence-corrected chi connectivity index (χ3v) is 2.55. The number of hydrogen-bond acceptors (Lipinski definition) is 4. The summed E-state index contributed by atoms with van der Waals surface area (Å²) in [6.45, 7) is 1.70. The molecule has 0 saturated carbocycles. The van der Waals surface area contributed by atoms with E-state index in [0.29, 0.717) is 5.56 Å². The van der Waals surface area contributed by atoms with Crippen LogP contribution in [0.3, 0.4) is 0 Å². The molecule has 2 aromatic rings. The van der Waals surface area contributed by atoms with E-state index in [9.17, 15) is 14.7 Å². The summed E-state index contributed by atoms with van der Waals surface area (Å²) in [7, 11) is 0. The molecule has 0 fully saturated rings. The van der Waals surface area contributed by atoms with Crippen LogP contribution in [-0.2, 0) is 0 Å². The number of aromatic carboxylic acids is 1. The SMILES string of the molecule is Cc1ccoc1C(=O)Nc1ccc(O)cc1C(=O)O. The molecule has 98 valence electrons. The van der Waals surface area contributed by atoms with Gasteiger partial charge in [-0.2, -0.15) is 0 Å². The molecule has 0 atom stereocenters. The van der Waals surface area contributed by atoms with Gasteiger partial charge in [0.2, 0.25) is 0 Å². The number of carboxylic acids is 1. The van der Waals surface area contributed by atoms with Gasteiger partial charge in [0.15, 0.2) is 5.76 Å². The minimum atomic E-state index is -1.25. The van der Waals surface area contributed by atoms with E-state index in [1.54, 1.807) is 13.0 Å². The normalized spacial score (nSPS) is 10.2. The number of nitrogens with one attached hydrogen (secondary N) is 1. The maximum Gasteiger partial charge on any atom is 0.337 e. The van der Waals surface area contributed by atoms with Gasteiger partial charge < -0.3 is 19.9 Å². The van der Waals surface area contributed by atoms with E-state index in [0.717, 1.165) is 6.07 Å². The second kappa shape index (κ2) is 4.85. The van der Waals surface area contributed by atoms with E-state index in [4.69, 9.17) is 9.52 Å². The van der Waals surface area contributed by atoms with E-state index >= 15 is 0 Å². The van der Waals surface area contributed by atoms with E-state index in [2.05, 4.69) is 5.32 Å². The molecule has 2 rings (SSSR count). The van der Waals surface area contributed by atoms with Gasteiger partial charge in [-0.3, -0.25) is 4.79 Å². The molecule has 0 spiro atoms. The number of hydrogen-bond donors (Lipinski definition) is 3. The Balaban J connectivity index is 2.32. The van der Waals surface area contributed by atoms with Crippen molar-refractivity contribution in [3.05, 3.63) is 47.4 Å². The molecule has 1 aromatic carbocycles. The molecular formula is C13H11NO5. The second-order valence-electron chi connectivity index (χ2n) is 3.92. The van der Waals surface area contributed by atoms with E-state index in [1.807, 2.05) is 0 Å². The first-order chi connectivity index (χ1) is 8.99. The molecule has 0 aliphatic heterocycles. The predicted octanol–water partition coefficient (Wildman–Crippen LogP) is 2.24. The Bertz CT molecular complexity index is 644. The van der Waals surface area contributed by atoms with Crippen molar-refractivity contribution in [2.75, 3.05) is 5.32 Å². The van der Waals surface area contributed by atoms with Crippen LogP contribution in [0, 0.1) is 6.92 Å². The summed E-state index contributed by atoms with van der Waals surface area (Å²) >= 11 is 0. The van der Waals surface area contributed by atoms with Crippen LogP contribution in [0.2, 0.25) is 0 Å². The molecule has 1 aromatic heterocycles. The Labute approximate surface area is 108 Å². The highest BCUT2D eigenvalue weighted by molar-refractivity contribution is 6.07. The smallest absolute Gasteiger partial charge is 0.337 e. The molecule has 6 heteroatoms. The zero-order chi connectivity index (χ0) is 14.0. The van der Waals surface area contributed by atoms with Crippen molar-refractivity contribution in [1.82, 2.24) is 0 Å². The van der Waals surface area contributed by atoms with Crippen LogP contribution in [-0.4, -0.2) is 22.1 Å². The van der Waals surface area contributed by atoms with Crippen molar-refractivity contribution in [2.24, 2.45) is 0 Å². The third kappa shape index (κ3) is 2.57. The number of aromatic hydroxyl groups is 1. The van der Waals surface area contributed by atoms with Gasteiger partial charge in [0, 0.05) is 5.56 Å². The Morgan fingerprint density at radius 2 is 2.00 bits per heavy atom. The lowest BCUT2D eigenvalue weighted by Gasteiger charge is -2.08. The predicted molar refractivity (Wildman–Crippen MR) is 66.5 cm³/mol. The molecule has 1 amide bonds. The Morgan fingerprint density at radius 1 is 1.26 bits per heavy atom. The summed E-state index contributed by atoms with van der Waals surface area (Å²) < 4.78 is 5.01. The molecule has 0 aliphatic rings. The highest BCUT2D eigenvalue weighted by atomic mass is 16.4. The molecule has 3 N–H and O–H groups in total. The van der Waals surface area contributed by atoms with Crippen LogP contribution in [0.5, 0.6) is 5.75 Å². The number of phenolic OH excluding ortho intramolecular Hbond substituents is 1. The minimum Gasteiger partial charge on any atom is -0.508 e. The largest absolute Gasteiger partial charge is 0.508 e. The van der Waals surface area contributed by atoms with E-state index < -0.39 is 11.9 Å². The lowest BCUT2D eigenvalue weighted by atomic mass is 10.1. The van der Waals surface area contributed by atoms with Gasteiger partial charge in [0.25, 0.3) is 5.91 Å². The molecule has 1 heterocycles. The molecule has 0 saturated heterocycles. The number of carbonyl (C=O) groups excluding carboxylic acids is 1. The van der Waals surface area contributed by atoms with Crippen LogP contribution in [0.4, 0.5) is 5.69 Å². The Morgan fingerprint density at radius 3 is 2.58 bits per heavy atom. The van der Waals surface area contributed by atoms with Crippen LogP contribution < -0.4 is 5.32 Å². The average Bonchev–Trinajstić information content (AvgIpc) is 2.77. The quantitative estimate of drug-likeness (QED) is 0.736. The van der Waals surface area contributed by atoms with Crippen molar-refractivity contribution in [3.8, 4) is 5.75 Å². The van der Waals surface area contributed by atoms with Crippen molar-refractivity contribution in [1.29, 1.82) is 0 Å². The summed E-state index contributed by atoms with van der Waals surface area (Å²) in [5, 5.41) is 20.7. The molecule has 0 aliphatic carbocycles. The number of phenols is 1. The van der Waals surface area contributed by atoms with Gasteiger partial charge in [-0.25, -0.2) is 4.79 Å². The fourth-order valence-electron chi connectivity index (χ4n) is 1.60. The molecular weight excluding hydrogens is 250 g/mol. The van der Waals surface area contributed by atoms with Crippen LogP contribution in [0.25, 0.3) is 0 Å². The van der Waals surface area contributed by atoms with Crippen molar-refractivity contribution in [3.63, 3.8) is 0 Å². The highest BCUT2D eigenvalue weighted by Crippen LogP contribution is 2.22. The molecule has 0 bridgehead atoms. The zero-order valence-corrected chi connectivity index (χ0v) is 10.0. The number of furan rings is 1. The first kappa shape index (κ1) is 12.7. The number of rotatable bonds is 3. The van der Waals surface area contributed by atoms with E-state index in [-0.39, 0.29) is 22.8 Å². The molecule has 6 nitrogen and oxygen atoms in total. The zero-order valence-electron chi connectivity index (χ0n) is 10.0. The Hall–Kier alpha value is -2.76. The minimum absolute atomic E-state index is 0.0890. The van der Waals surface area contributed by atoms with Crippen molar-refractivity contribution >= 4 is 17.6 Å². The van der Waals surface area contributed by atoms with Crippen LogP contribution in [0.1, 0.15) is 26.5 Å². The maximum absolute atomic E-state index is 11.9. The summed E-state index contributed by atoms with van der Waals surface area (Å²) in [6, 6.07) is 5.29. The van der Waals surface area contributed by atoms with Gasteiger partial charge in [-0.05, 0) is 31.2 Å². The summed E-state index contributed by atoms with van der Waals surface area (Å²) in [5.74, 6) is -1.87. The third-order valence-electron chi connectivity index (χ3n) is 2.55. The maximum atomic E-state index is 11.9. The first-order valence-electron chi connectivity index (χ1n) is 5.41. The molecule has 0 unspecified atom stereocenters. The Kier molecular flexibility index (Phi) is 3.24. The summed E-state index contributed by atoms with van der Waals surface area (Å²) in [6.07, 6.45) is 1.37. The second-order valence-corrected chi connectivity index (χ2v) is 3.92. The van der Waals surface area contributed by atoms with Crippen LogP contribution >= 0.6 is 0 Å². The number of amides is 1. The van der Waals surface area contributed by atoms with Crippen molar-refractivity contribution < 1.29 is 24.2 Å². The summed E-state index contributed by atoms with van der Waals surface area (Å²) in [4.78, 5) is 22.9. The first-order valence-corrected chi connectivity index (χ1v) is 5.41. The highest BCUT2D eigenvalue weighted by Gasteiger charge is 2.17. The summed E-state index contributed by atoms with van der Waals surface area (Å²) in [5.41, 5.74) is 0.539. The van der Waals surface area contributed by atoms with Gasteiger partial charge in [-0.1, -0.05) is 0 Å². The van der Waals surface area contributed by atoms with Gasteiger partial charge in [0.1, 0.15) is 5.75 Å². The molecule has 0 radical (unpaired) electrons. The lowest BCUT2D eigenvalue weighted by molar-refractivity contribution is 0.0697. The average molecular weight is 261 g/mol. The number of carbonyl (C=O) groups is 2. The molecule has 19 heavy (non-hydrogen) atoms. The number of aryl methyl sites for hydroxylation is 1. The van der Waals surface area contributed by atoms with Crippen molar-refractivity contribution in [2.45, 2.75) is 6.92 Å². The number of carboxylic acid groups (broad SMARTS) is 1. The monoisotopic (exact) mass is 261 g/mol. The van der Waals surface area contributed by atoms with Gasteiger partial charge >= 0.3 is 5.97 Å². The fourth-order valence-corrected chi connectivity index (χ4v) is 1.60. The van der Waals surface area contributed by atoms with Crippen LogP contribution in [0.15, 0.2) is 34.9 Å².